The lowest BCUT2D eigenvalue weighted by Gasteiger charge is -2.19. The number of carbonyl (C=O) groups excluding carboxylic acids is 1. The van der Waals surface area contributed by atoms with Gasteiger partial charge in [-0.1, -0.05) is 30.3 Å². The average molecular weight is 366 g/mol. The molecule has 1 fully saturated rings. The Balaban J connectivity index is 1.91. The second-order valence-electron chi connectivity index (χ2n) is 6.60. The molecule has 1 aliphatic heterocycles. The predicted molar refractivity (Wildman–Crippen MR) is 112 cm³/mol. The van der Waals surface area contributed by atoms with Gasteiger partial charge in [-0.15, -0.1) is 0 Å². The van der Waals surface area contributed by atoms with Crippen LogP contribution in [0.2, 0.25) is 0 Å². The van der Waals surface area contributed by atoms with E-state index in [1.807, 2.05) is 76.5 Å². The summed E-state index contributed by atoms with van der Waals surface area (Å²) in [5.41, 5.74) is 2.99. The van der Waals surface area contributed by atoms with Crippen LogP contribution in [0.5, 0.6) is 0 Å². The molecule has 0 N–H and O–H groups in total. The van der Waals surface area contributed by atoms with Gasteiger partial charge in [-0.25, -0.2) is 4.99 Å². The zero-order chi connectivity index (χ0) is 18.7. The standard InChI is InChI=1S/C21H23N3OS/c1-15(2)24-20(25)19(14-16-10-12-18(13-11-16)23(3)4)26-21(24)22-17-8-6-5-7-9-17/h5-15H,1-4H3/b19-14+,22-21?. The number of para-hydroxylation sites is 1. The van der Waals surface area contributed by atoms with Gasteiger partial charge in [0.25, 0.3) is 5.91 Å². The van der Waals surface area contributed by atoms with E-state index in [0.29, 0.717) is 4.91 Å². The number of amidine groups is 1. The average Bonchev–Trinajstić information content (AvgIpc) is 2.91. The van der Waals surface area contributed by atoms with E-state index in [4.69, 9.17) is 0 Å². The lowest BCUT2D eigenvalue weighted by Crippen LogP contribution is -2.35. The molecule has 2 aromatic rings. The zero-order valence-corrected chi connectivity index (χ0v) is 16.3. The van der Waals surface area contributed by atoms with Crippen molar-refractivity contribution in [3.05, 3.63) is 65.1 Å². The number of thioether (sulfide) groups is 1. The number of benzene rings is 2. The maximum atomic E-state index is 12.9. The van der Waals surface area contributed by atoms with Crippen LogP contribution in [-0.4, -0.2) is 36.1 Å². The van der Waals surface area contributed by atoms with Crippen LogP contribution < -0.4 is 4.90 Å². The molecule has 0 unspecified atom stereocenters. The third-order valence-corrected chi connectivity index (χ3v) is 5.02. The van der Waals surface area contributed by atoms with Crippen molar-refractivity contribution in [2.45, 2.75) is 19.9 Å². The van der Waals surface area contributed by atoms with Crippen molar-refractivity contribution in [3.8, 4) is 0 Å². The fourth-order valence-corrected chi connectivity index (χ4v) is 3.77. The van der Waals surface area contributed by atoms with Crippen LogP contribution in [0.1, 0.15) is 19.4 Å². The number of amides is 1. The highest BCUT2D eigenvalue weighted by Gasteiger charge is 2.35. The van der Waals surface area contributed by atoms with E-state index in [9.17, 15) is 4.79 Å². The minimum absolute atomic E-state index is 0.0105. The third-order valence-electron chi connectivity index (χ3n) is 4.04. The lowest BCUT2D eigenvalue weighted by atomic mass is 10.2. The zero-order valence-electron chi connectivity index (χ0n) is 15.5. The summed E-state index contributed by atoms with van der Waals surface area (Å²) in [6.45, 7) is 4.02. The van der Waals surface area contributed by atoms with E-state index >= 15 is 0 Å². The Morgan fingerprint density at radius 1 is 1.04 bits per heavy atom. The number of hydrogen-bond acceptors (Lipinski definition) is 4. The van der Waals surface area contributed by atoms with Crippen molar-refractivity contribution in [2.24, 2.45) is 4.99 Å². The maximum Gasteiger partial charge on any atom is 0.266 e. The normalized spacial score (nSPS) is 17.6. The molecule has 0 radical (unpaired) electrons. The van der Waals surface area contributed by atoms with Gasteiger partial charge in [0, 0.05) is 25.8 Å². The fourth-order valence-electron chi connectivity index (χ4n) is 2.65. The number of rotatable bonds is 4. The number of carbonyl (C=O) groups is 1. The topological polar surface area (TPSA) is 35.9 Å². The summed E-state index contributed by atoms with van der Waals surface area (Å²) in [6.07, 6.45) is 1.94. The smallest absolute Gasteiger partial charge is 0.266 e. The Labute approximate surface area is 159 Å². The molecule has 26 heavy (non-hydrogen) atoms. The first kappa shape index (κ1) is 18.3. The van der Waals surface area contributed by atoms with Crippen LogP contribution in [-0.2, 0) is 4.79 Å². The number of aliphatic imine (C=N–C) groups is 1. The Morgan fingerprint density at radius 2 is 1.69 bits per heavy atom. The number of anilines is 1. The van der Waals surface area contributed by atoms with Gasteiger partial charge in [-0.3, -0.25) is 9.69 Å². The minimum atomic E-state index is 0.0105. The lowest BCUT2D eigenvalue weighted by molar-refractivity contribution is -0.123. The van der Waals surface area contributed by atoms with Crippen molar-refractivity contribution < 1.29 is 4.79 Å². The van der Waals surface area contributed by atoms with Crippen molar-refractivity contribution in [2.75, 3.05) is 19.0 Å². The molecule has 0 spiro atoms. The Kier molecular flexibility index (Phi) is 5.47. The summed E-state index contributed by atoms with van der Waals surface area (Å²) in [6, 6.07) is 18.0. The van der Waals surface area contributed by atoms with Gasteiger partial charge in [-0.2, -0.15) is 0 Å². The van der Waals surface area contributed by atoms with E-state index < -0.39 is 0 Å². The van der Waals surface area contributed by atoms with Crippen LogP contribution in [0.4, 0.5) is 11.4 Å². The molecule has 1 heterocycles. The minimum Gasteiger partial charge on any atom is -0.378 e. The Bertz CT molecular complexity index is 839. The molecule has 134 valence electrons. The summed E-state index contributed by atoms with van der Waals surface area (Å²) in [5, 5.41) is 0.729. The number of nitrogens with zero attached hydrogens (tertiary/aromatic N) is 3. The van der Waals surface area contributed by atoms with Crippen LogP contribution >= 0.6 is 11.8 Å². The van der Waals surface area contributed by atoms with Crippen molar-refractivity contribution in [3.63, 3.8) is 0 Å². The van der Waals surface area contributed by atoms with E-state index in [1.165, 1.54) is 11.8 Å². The second-order valence-corrected chi connectivity index (χ2v) is 7.60. The van der Waals surface area contributed by atoms with Crippen LogP contribution in [0.15, 0.2) is 64.5 Å². The molecule has 0 atom stereocenters. The maximum absolute atomic E-state index is 12.9. The Morgan fingerprint density at radius 3 is 2.27 bits per heavy atom. The molecule has 1 aliphatic rings. The Hall–Kier alpha value is -2.53. The largest absolute Gasteiger partial charge is 0.378 e. The van der Waals surface area contributed by atoms with Gasteiger partial charge in [0.05, 0.1) is 10.6 Å². The molecule has 1 amide bonds. The fraction of sp³-hybridized carbons (Fsp3) is 0.238. The summed E-state index contributed by atoms with van der Waals surface area (Å²) in [4.78, 5) is 22.1. The van der Waals surface area contributed by atoms with Crippen molar-refractivity contribution >= 4 is 40.3 Å². The van der Waals surface area contributed by atoms with Gasteiger partial charge >= 0.3 is 0 Å². The highest BCUT2D eigenvalue weighted by atomic mass is 32.2. The van der Waals surface area contributed by atoms with E-state index in [0.717, 1.165) is 22.1 Å². The molecule has 2 aromatic carbocycles. The monoisotopic (exact) mass is 365 g/mol. The first-order valence-electron chi connectivity index (χ1n) is 8.60. The summed E-state index contributed by atoms with van der Waals surface area (Å²) >= 11 is 1.43. The molecule has 0 saturated carbocycles. The van der Waals surface area contributed by atoms with Gasteiger partial charge in [0.15, 0.2) is 5.17 Å². The van der Waals surface area contributed by atoms with E-state index in [2.05, 4.69) is 22.0 Å². The van der Waals surface area contributed by atoms with Crippen molar-refractivity contribution in [1.29, 1.82) is 0 Å². The van der Waals surface area contributed by atoms with Crippen LogP contribution in [0.25, 0.3) is 6.08 Å². The van der Waals surface area contributed by atoms with E-state index in [1.54, 1.807) is 4.90 Å². The molecule has 0 bridgehead atoms. The first-order valence-corrected chi connectivity index (χ1v) is 9.41. The third kappa shape index (κ3) is 3.99. The quantitative estimate of drug-likeness (QED) is 0.733. The van der Waals surface area contributed by atoms with Crippen molar-refractivity contribution in [1.82, 2.24) is 4.90 Å². The van der Waals surface area contributed by atoms with E-state index in [-0.39, 0.29) is 11.9 Å². The molecule has 1 saturated heterocycles. The molecule has 5 heteroatoms. The molecule has 0 aromatic heterocycles. The van der Waals surface area contributed by atoms with Crippen LogP contribution in [0, 0.1) is 0 Å². The first-order chi connectivity index (χ1) is 12.5. The predicted octanol–water partition coefficient (Wildman–Crippen LogP) is 4.77. The SMILES string of the molecule is CC(C)N1C(=O)/C(=C\c2ccc(N(C)C)cc2)SC1=Nc1ccccc1. The number of hydrogen-bond donors (Lipinski definition) is 0. The highest BCUT2D eigenvalue weighted by Crippen LogP contribution is 2.35. The van der Waals surface area contributed by atoms with Gasteiger partial charge in [0.1, 0.15) is 0 Å². The molecular weight excluding hydrogens is 342 g/mol. The van der Waals surface area contributed by atoms with Gasteiger partial charge < -0.3 is 4.90 Å². The summed E-state index contributed by atoms with van der Waals surface area (Å²) in [7, 11) is 4.02. The highest BCUT2D eigenvalue weighted by molar-refractivity contribution is 8.18. The summed E-state index contributed by atoms with van der Waals surface area (Å²) in [5.74, 6) is 0.0105. The summed E-state index contributed by atoms with van der Waals surface area (Å²) < 4.78 is 0. The van der Waals surface area contributed by atoms with Gasteiger partial charge in [-0.05, 0) is 61.5 Å². The van der Waals surface area contributed by atoms with Gasteiger partial charge in [0.2, 0.25) is 0 Å². The van der Waals surface area contributed by atoms with Crippen LogP contribution in [0.3, 0.4) is 0 Å². The molecule has 4 nitrogen and oxygen atoms in total. The molecular formula is C21H23N3OS. The second kappa shape index (κ2) is 7.79. The molecule has 3 rings (SSSR count). The molecule has 0 aliphatic carbocycles.